The summed E-state index contributed by atoms with van der Waals surface area (Å²) in [7, 11) is 1.54. The number of fused-ring (bicyclic) bond motifs is 2. The highest BCUT2D eigenvalue weighted by atomic mass is 16.5. The molecular formula is C28H27N5O3. The number of hydrogen-bond acceptors (Lipinski definition) is 5. The summed E-state index contributed by atoms with van der Waals surface area (Å²) in [5, 5.41) is 11.1. The lowest BCUT2D eigenvalue weighted by Gasteiger charge is -2.16. The summed E-state index contributed by atoms with van der Waals surface area (Å²) in [5.41, 5.74) is 11.0. The minimum Gasteiger partial charge on any atom is -0.496 e. The molecule has 2 amide bonds. The molecule has 3 aromatic carbocycles. The highest BCUT2D eigenvalue weighted by molar-refractivity contribution is 6.04. The fourth-order valence-electron chi connectivity index (χ4n) is 4.52. The number of anilines is 2. The number of aryl methyl sites for hydroxylation is 2. The molecule has 0 bridgehead atoms. The molecule has 1 aromatic heterocycles. The van der Waals surface area contributed by atoms with E-state index in [1.165, 1.54) is 0 Å². The Morgan fingerprint density at radius 3 is 2.53 bits per heavy atom. The van der Waals surface area contributed by atoms with E-state index >= 15 is 0 Å². The Balaban J connectivity index is 1.40. The van der Waals surface area contributed by atoms with Crippen molar-refractivity contribution in [3.05, 3.63) is 95.1 Å². The quantitative estimate of drug-likeness (QED) is 0.377. The zero-order valence-electron chi connectivity index (χ0n) is 20.1. The van der Waals surface area contributed by atoms with Gasteiger partial charge < -0.3 is 21.1 Å². The standard InChI is InChI=1S/C28H27N5O3/c1-17(30-28(35)21-8-4-6-10-23(21)36-2)18-11-13-20(14-12-18)25-24(26(29)34)27-31-22-9-5-3-7-19(22)15-16-33(27)32-25/h3-14,17,31H,15-16H2,1-2H3,(H2,29,34)(H,30,35). The first-order chi connectivity index (χ1) is 17.5. The molecule has 1 aliphatic rings. The van der Waals surface area contributed by atoms with Crippen LogP contribution >= 0.6 is 0 Å². The average Bonchev–Trinajstić information content (AvgIpc) is 3.16. The zero-order valence-corrected chi connectivity index (χ0v) is 20.1. The number of aromatic nitrogens is 2. The number of nitrogens with one attached hydrogen (secondary N) is 2. The van der Waals surface area contributed by atoms with Gasteiger partial charge in [-0.3, -0.25) is 9.59 Å². The van der Waals surface area contributed by atoms with Crippen molar-refractivity contribution in [2.45, 2.75) is 25.9 Å². The van der Waals surface area contributed by atoms with Gasteiger partial charge in [-0.2, -0.15) is 5.10 Å². The Bertz CT molecular complexity index is 1440. The van der Waals surface area contributed by atoms with Gasteiger partial charge in [-0.15, -0.1) is 0 Å². The van der Waals surface area contributed by atoms with E-state index in [-0.39, 0.29) is 11.9 Å². The molecule has 4 N–H and O–H groups in total. The van der Waals surface area contributed by atoms with Gasteiger partial charge in [-0.05, 0) is 42.7 Å². The summed E-state index contributed by atoms with van der Waals surface area (Å²) >= 11 is 0. The molecule has 0 spiro atoms. The number of ether oxygens (including phenoxy) is 1. The molecule has 1 aliphatic heterocycles. The van der Waals surface area contributed by atoms with Crippen molar-refractivity contribution < 1.29 is 14.3 Å². The normalized spacial score (nSPS) is 12.9. The number of hydrogen-bond donors (Lipinski definition) is 3. The van der Waals surface area contributed by atoms with Crippen molar-refractivity contribution in [1.29, 1.82) is 0 Å². The molecule has 0 radical (unpaired) electrons. The van der Waals surface area contributed by atoms with E-state index in [1.54, 1.807) is 30.0 Å². The molecule has 4 aromatic rings. The van der Waals surface area contributed by atoms with E-state index in [4.69, 9.17) is 15.6 Å². The maximum atomic E-state index is 12.8. The molecule has 0 saturated heterocycles. The fourth-order valence-corrected chi connectivity index (χ4v) is 4.52. The lowest BCUT2D eigenvalue weighted by atomic mass is 10.0. The van der Waals surface area contributed by atoms with Gasteiger partial charge in [0.15, 0.2) is 0 Å². The van der Waals surface area contributed by atoms with E-state index in [2.05, 4.69) is 16.7 Å². The van der Waals surface area contributed by atoms with Crippen molar-refractivity contribution >= 4 is 23.3 Å². The number of methoxy groups -OCH3 is 1. The van der Waals surface area contributed by atoms with Crippen LogP contribution in [-0.2, 0) is 13.0 Å². The number of rotatable bonds is 6. The van der Waals surface area contributed by atoms with E-state index < -0.39 is 5.91 Å². The third-order valence-corrected chi connectivity index (χ3v) is 6.45. The predicted octanol–water partition coefficient (Wildman–Crippen LogP) is 4.45. The lowest BCUT2D eigenvalue weighted by molar-refractivity contribution is 0.0935. The van der Waals surface area contributed by atoms with Crippen LogP contribution in [0, 0.1) is 0 Å². The molecule has 5 rings (SSSR count). The summed E-state index contributed by atoms with van der Waals surface area (Å²) in [6, 6.07) is 22.5. The summed E-state index contributed by atoms with van der Waals surface area (Å²) in [6.07, 6.45) is 0.790. The second-order valence-corrected chi connectivity index (χ2v) is 8.71. The van der Waals surface area contributed by atoms with E-state index in [1.807, 2.05) is 55.5 Å². The van der Waals surface area contributed by atoms with Crippen molar-refractivity contribution in [2.75, 3.05) is 12.4 Å². The monoisotopic (exact) mass is 481 g/mol. The van der Waals surface area contributed by atoms with Crippen LogP contribution in [0.2, 0.25) is 0 Å². The number of amides is 2. The molecule has 182 valence electrons. The van der Waals surface area contributed by atoms with Gasteiger partial charge in [0.05, 0.1) is 18.7 Å². The summed E-state index contributed by atoms with van der Waals surface area (Å²) in [6.45, 7) is 2.54. The second-order valence-electron chi connectivity index (χ2n) is 8.71. The molecule has 0 saturated carbocycles. The van der Waals surface area contributed by atoms with Gasteiger partial charge in [0, 0.05) is 17.8 Å². The maximum Gasteiger partial charge on any atom is 0.255 e. The third-order valence-electron chi connectivity index (χ3n) is 6.45. The van der Waals surface area contributed by atoms with Crippen molar-refractivity contribution in [1.82, 2.24) is 15.1 Å². The molecule has 1 atom stereocenters. The topological polar surface area (TPSA) is 111 Å². The summed E-state index contributed by atoms with van der Waals surface area (Å²) in [4.78, 5) is 25.3. The van der Waals surface area contributed by atoms with Crippen LogP contribution in [0.5, 0.6) is 5.75 Å². The minimum absolute atomic E-state index is 0.218. The molecule has 2 heterocycles. The Morgan fingerprint density at radius 1 is 1.06 bits per heavy atom. The smallest absolute Gasteiger partial charge is 0.255 e. The third kappa shape index (κ3) is 4.29. The predicted molar refractivity (Wildman–Crippen MR) is 138 cm³/mol. The largest absolute Gasteiger partial charge is 0.496 e. The van der Waals surface area contributed by atoms with Gasteiger partial charge in [0.2, 0.25) is 0 Å². The number of carbonyl (C=O) groups is 2. The summed E-state index contributed by atoms with van der Waals surface area (Å²) in [5.74, 6) is 0.361. The van der Waals surface area contributed by atoms with Crippen LogP contribution in [0.4, 0.5) is 11.5 Å². The first-order valence-corrected chi connectivity index (χ1v) is 11.8. The van der Waals surface area contributed by atoms with Crippen LogP contribution in [0.1, 0.15) is 44.8 Å². The number of nitrogens with two attached hydrogens (primary N) is 1. The van der Waals surface area contributed by atoms with Crippen molar-refractivity contribution in [3.63, 3.8) is 0 Å². The average molecular weight is 482 g/mol. The van der Waals surface area contributed by atoms with Crippen LogP contribution in [-0.4, -0.2) is 28.7 Å². The highest BCUT2D eigenvalue weighted by Crippen LogP contribution is 2.34. The van der Waals surface area contributed by atoms with Crippen LogP contribution < -0.4 is 21.1 Å². The first-order valence-electron chi connectivity index (χ1n) is 11.8. The van der Waals surface area contributed by atoms with Crippen LogP contribution in [0.15, 0.2) is 72.8 Å². The zero-order chi connectivity index (χ0) is 25.2. The van der Waals surface area contributed by atoms with E-state index in [0.717, 1.165) is 28.8 Å². The van der Waals surface area contributed by atoms with Gasteiger partial charge in [0.1, 0.15) is 22.8 Å². The van der Waals surface area contributed by atoms with E-state index in [0.29, 0.717) is 34.9 Å². The lowest BCUT2D eigenvalue weighted by Crippen LogP contribution is -2.27. The Kier molecular flexibility index (Phi) is 6.16. The van der Waals surface area contributed by atoms with E-state index in [9.17, 15) is 9.59 Å². The van der Waals surface area contributed by atoms with Crippen molar-refractivity contribution in [3.8, 4) is 17.0 Å². The SMILES string of the molecule is COc1ccccc1C(=O)NC(C)c1ccc(-c2nn3c(c2C(N)=O)Nc2ccccc2CC3)cc1. The number of benzene rings is 3. The Hall–Kier alpha value is -4.59. The molecule has 1 unspecified atom stereocenters. The molecular weight excluding hydrogens is 454 g/mol. The van der Waals surface area contributed by atoms with Gasteiger partial charge in [-0.25, -0.2) is 4.68 Å². The number of nitrogens with zero attached hydrogens (tertiary/aromatic N) is 2. The molecule has 36 heavy (non-hydrogen) atoms. The van der Waals surface area contributed by atoms with Gasteiger partial charge >= 0.3 is 0 Å². The van der Waals surface area contributed by atoms with Crippen LogP contribution in [0.3, 0.4) is 0 Å². The minimum atomic E-state index is -0.542. The molecule has 8 heteroatoms. The highest BCUT2D eigenvalue weighted by Gasteiger charge is 2.26. The Labute approximate surface area is 209 Å². The fraction of sp³-hybridized carbons (Fsp3) is 0.179. The van der Waals surface area contributed by atoms with Crippen molar-refractivity contribution in [2.24, 2.45) is 5.73 Å². The molecule has 0 fully saturated rings. The van der Waals surface area contributed by atoms with Crippen LogP contribution in [0.25, 0.3) is 11.3 Å². The second kappa shape index (κ2) is 9.58. The Morgan fingerprint density at radius 2 is 1.78 bits per heavy atom. The van der Waals surface area contributed by atoms with Gasteiger partial charge in [-0.1, -0.05) is 54.6 Å². The maximum absolute atomic E-state index is 12.8. The number of para-hydroxylation sites is 2. The molecule has 8 nitrogen and oxygen atoms in total. The summed E-state index contributed by atoms with van der Waals surface area (Å²) < 4.78 is 7.10. The van der Waals surface area contributed by atoms with Gasteiger partial charge in [0.25, 0.3) is 11.8 Å². The first kappa shape index (κ1) is 23.2. The number of carbonyl (C=O) groups excluding carboxylic acids is 2. The molecule has 0 aliphatic carbocycles. The number of primary amides is 1.